The summed E-state index contributed by atoms with van der Waals surface area (Å²) in [6, 6.07) is 9.58. The number of hydrogen-bond acceptors (Lipinski definition) is 5. The van der Waals surface area contributed by atoms with Gasteiger partial charge >= 0.3 is 6.03 Å². The van der Waals surface area contributed by atoms with E-state index >= 15 is 0 Å². The molecule has 176 valence electrons. The van der Waals surface area contributed by atoms with E-state index in [1.165, 1.54) is 11.2 Å². The third-order valence-electron chi connectivity index (χ3n) is 4.77. The zero-order valence-electron chi connectivity index (χ0n) is 19.9. The number of primary amides is 1. The maximum Gasteiger partial charge on any atom is 0.332 e. The van der Waals surface area contributed by atoms with Crippen LogP contribution < -0.4 is 21.3 Å². The SMILES string of the molecule is CCc1c(OC)cccc1C(=O)NN(C(=O)c1cc(C)cc(/C=N/NC(N)=O)c1)C(C)(C)C. The second kappa shape index (κ2) is 10.6. The number of hydrogen-bond donors (Lipinski definition) is 3. The molecule has 4 N–H and O–H groups in total. The summed E-state index contributed by atoms with van der Waals surface area (Å²) >= 11 is 0. The molecule has 33 heavy (non-hydrogen) atoms. The van der Waals surface area contributed by atoms with Crippen LogP contribution in [0.1, 0.15) is 65.1 Å². The Bertz CT molecular complexity index is 1070. The maximum atomic E-state index is 13.5. The predicted molar refractivity (Wildman–Crippen MR) is 127 cm³/mol. The molecule has 0 radical (unpaired) electrons. The van der Waals surface area contributed by atoms with Crippen molar-refractivity contribution in [1.29, 1.82) is 0 Å². The first kappa shape index (κ1) is 25.4. The molecular weight excluding hydrogens is 422 g/mol. The zero-order valence-corrected chi connectivity index (χ0v) is 19.9. The van der Waals surface area contributed by atoms with Crippen molar-refractivity contribution in [3.63, 3.8) is 0 Å². The molecule has 0 aliphatic carbocycles. The van der Waals surface area contributed by atoms with Gasteiger partial charge in [0.1, 0.15) is 5.75 Å². The molecule has 0 aliphatic heterocycles. The summed E-state index contributed by atoms with van der Waals surface area (Å²) in [6.07, 6.45) is 1.98. The van der Waals surface area contributed by atoms with E-state index in [0.717, 1.165) is 11.1 Å². The molecule has 9 heteroatoms. The Hall–Kier alpha value is -3.88. The molecule has 0 fully saturated rings. The van der Waals surface area contributed by atoms with Gasteiger partial charge in [-0.25, -0.2) is 15.2 Å². The normalized spacial score (nSPS) is 11.2. The minimum absolute atomic E-state index is 0.354. The second-order valence-corrected chi connectivity index (χ2v) is 8.46. The van der Waals surface area contributed by atoms with Crippen molar-refractivity contribution in [3.05, 3.63) is 64.2 Å². The van der Waals surface area contributed by atoms with Gasteiger partial charge in [0, 0.05) is 16.7 Å². The number of carbonyl (C=O) groups excluding carboxylic acids is 3. The number of nitrogens with two attached hydrogens (primary N) is 1. The van der Waals surface area contributed by atoms with E-state index in [1.54, 1.807) is 43.5 Å². The Balaban J connectivity index is 2.40. The largest absolute Gasteiger partial charge is 0.496 e. The average Bonchev–Trinajstić information content (AvgIpc) is 2.74. The summed E-state index contributed by atoms with van der Waals surface area (Å²) in [5.41, 5.74) is 12.1. The minimum Gasteiger partial charge on any atom is -0.496 e. The molecule has 0 unspecified atom stereocenters. The number of rotatable bonds is 6. The molecule has 0 bridgehead atoms. The third kappa shape index (κ3) is 6.55. The van der Waals surface area contributed by atoms with E-state index in [9.17, 15) is 14.4 Å². The van der Waals surface area contributed by atoms with Gasteiger partial charge < -0.3 is 10.5 Å². The highest BCUT2D eigenvalue weighted by molar-refractivity contribution is 6.01. The van der Waals surface area contributed by atoms with Crippen LogP contribution in [0.4, 0.5) is 4.79 Å². The van der Waals surface area contributed by atoms with Gasteiger partial charge in [0.15, 0.2) is 0 Å². The highest BCUT2D eigenvalue weighted by Gasteiger charge is 2.30. The molecule has 0 atom stereocenters. The average molecular weight is 454 g/mol. The first-order chi connectivity index (χ1) is 15.5. The molecule has 0 aliphatic rings. The standard InChI is InChI=1S/C24H31N5O4/c1-7-18-19(9-8-10-20(18)33-6)21(30)28-29(24(3,4)5)22(31)17-12-15(2)11-16(13-17)14-26-27-23(25)32/h8-14H,7H2,1-6H3,(H,28,30)(H3,25,27,32)/b26-14+. The summed E-state index contributed by atoms with van der Waals surface area (Å²) in [5.74, 6) is -0.182. The Morgan fingerprint density at radius 1 is 1.18 bits per heavy atom. The number of aryl methyl sites for hydroxylation is 1. The topological polar surface area (TPSA) is 126 Å². The van der Waals surface area contributed by atoms with Crippen LogP contribution in [0.2, 0.25) is 0 Å². The van der Waals surface area contributed by atoms with Gasteiger partial charge in [-0.2, -0.15) is 5.10 Å². The lowest BCUT2D eigenvalue weighted by atomic mass is 10.0. The van der Waals surface area contributed by atoms with Crippen LogP contribution >= 0.6 is 0 Å². The van der Waals surface area contributed by atoms with E-state index < -0.39 is 23.4 Å². The lowest BCUT2D eigenvalue weighted by Gasteiger charge is -2.35. The first-order valence-electron chi connectivity index (χ1n) is 10.5. The molecule has 0 aromatic heterocycles. The number of carbonyl (C=O) groups is 3. The number of hydrazone groups is 1. The smallest absolute Gasteiger partial charge is 0.332 e. The summed E-state index contributed by atoms with van der Waals surface area (Å²) in [4.78, 5) is 37.5. The molecule has 0 spiro atoms. The number of hydrazine groups is 1. The van der Waals surface area contributed by atoms with E-state index in [-0.39, 0.29) is 0 Å². The molecule has 2 rings (SSSR count). The molecule has 0 heterocycles. The van der Waals surface area contributed by atoms with Crippen molar-refractivity contribution in [2.75, 3.05) is 7.11 Å². The van der Waals surface area contributed by atoms with E-state index in [2.05, 4.69) is 16.0 Å². The van der Waals surface area contributed by atoms with E-state index in [4.69, 9.17) is 10.5 Å². The van der Waals surface area contributed by atoms with Gasteiger partial charge in [-0.3, -0.25) is 15.0 Å². The van der Waals surface area contributed by atoms with Crippen molar-refractivity contribution in [3.8, 4) is 5.75 Å². The van der Waals surface area contributed by atoms with Gasteiger partial charge in [0.05, 0.1) is 18.9 Å². The van der Waals surface area contributed by atoms with Gasteiger partial charge in [-0.1, -0.05) is 19.1 Å². The fraction of sp³-hybridized carbons (Fsp3) is 0.333. The van der Waals surface area contributed by atoms with Crippen molar-refractivity contribution < 1.29 is 19.1 Å². The second-order valence-electron chi connectivity index (χ2n) is 8.46. The Labute approximate surface area is 194 Å². The lowest BCUT2D eigenvalue weighted by molar-refractivity contribution is 0.0358. The third-order valence-corrected chi connectivity index (χ3v) is 4.77. The van der Waals surface area contributed by atoms with Crippen molar-refractivity contribution in [1.82, 2.24) is 15.9 Å². The summed E-state index contributed by atoms with van der Waals surface area (Å²) in [5, 5.41) is 5.05. The van der Waals surface area contributed by atoms with Crippen LogP contribution in [0, 0.1) is 6.92 Å². The van der Waals surface area contributed by atoms with Crippen LogP contribution in [-0.4, -0.2) is 41.7 Å². The van der Waals surface area contributed by atoms with Crippen LogP contribution in [-0.2, 0) is 6.42 Å². The van der Waals surface area contributed by atoms with Crippen LogP contribution in [0.15, 0.2) is 41.5 Å². The molecule has 0 saturated carbocycles. The quantitative estimate of drug-likeness (QED) is 0.459. The number of amides is 4. The Morgan fingerprint density at radius 3 is 2.45 bits per heavy atom. The maximum absolute atomic E-state index is 13.5. The molecule has 9 nitrogen and oxygen atoms in total. The molecule has 2 aromatic carbocycles. The fourth-order valence-electron chi connectivity index (χ4n) is 3.33. The monoisotopic (exact) mass is 453 g/mol. The Kier molecular flexibility index (Phi) is 8.17. The molecule has 0 saturated heterocycles. The van der Waals surface area contributed by atoms with Crippen molar-refractivity contribution in [2.24, 2.45) is 10.8 Å². The zero-order chi connectivity index (χ0) is 24.8. The van der Waals surface area contributed by atoms with Crippen LogP contribution in [0.3, 0.4) is 0 Å². The van der Waals surface area contributed by atoms with Crippen LogP contribution in [0.25, 0.3) is 0 Å². The van der Waals surface area contributed by atoms with E-state index in [1.807, 2.05) is 34.6 Å². The molecule has 4 amide bonds. The van der Waals surface area contributed by atoms with Crippen LogP contribution in [0.5, 0.6) is 5.75 Å². The number of benzene rings is 2. The highest BCUT2D eigenvalue weighted by atomic mass is 16.5. The van der Waals surface area contributed by atoms with Crippen molar-refractivity contribution in [2.45, 2.75) is 46.6 Å². The summed E-state index contributed by atoms with van der Waals surface area (Å²) < 4.78 is 5.38. The predicted octanol–water partition coefficient (Wildman–Crippen LogP) is 3.15. The van der Waals surface area contributed by atoms with Gasteiger partial charge in [-0.05, 0) is 69.5 Å². The molecule has 2 aromatic rings. The number of urea groups is 1. The van der Waals surface area contributed by atoms with Gasteiger partial charge in [-0.15, -0.1) is 0 Å². The highest BCUT2D eigenvalue weighted by Crippen LogP contribution is 2.24. The van der Waals surface area contributed by atoms with Gasteiger partial charge in [0.2, 0.25) is 0 Å². The van der Waals surface area contributed by atoms with Crippen molar-refractivity contribution >= 4 is 24.1 Å². The first-order valence-corrected chi connectivity index (χ1v) is 10.5. The Morgan fingerprint density at radius 2 is 1.88 bits per heavy atom. The summed E-state index contributed by atoms with van der Waals surface area (Å²) in [7, 11) is 1.55. The van der Waals surface area contributed by atoms with E-state index in [0.29, 0.717) is 28.9 Å². The summed E-state index contributed by atoms with van der Waals surface area (Å²) in [6.45, 7) is 9.24. The minimum atomic E-state index is -0.791. The lowest BCUT2D eigenvalue weighted by Crippen LogP contribution is -2.56. The number of nitrogens with zero attached hydrogens (tertiary/aromatic N) is 2. The number of nitrogens with one attached hydrogen (secondary N) is 2. The number of methoxy groups -OCH3 is 1. The molecular formula is C24H31N5O4. The van der Waals surface area contributed by atoms with Gasteiger partial charge in [0.25, 0.3) is 11.8 Å². The number of ether oxygens (including phenoxy) is 1. The fourth-order valence-corrected chi connectivity index (χ4v) is 3.33.